The van der Waals surface area contributed by atoms with Gasteiger partial charge in [0.2, 0.25) is 0 Å². The van der Waals surface area contributed by atoms with Gasteiger partial charge in [-0.1, -0.05) is 165 Å². The van der Waals surface area contributed by atoms with E-state index in [9.17, 15) is 0 Å². The molecule has 2 heterocycles. The molecule has 0 bridgehead atoms. The normalized spacial score (nSPS) is 11.6. The van der Waals surface area contributed by atoms with Gasteiger partial charge in [0.05, 0.1) is 27.8 Å². The van der Waals surface area contributed by atoms with Crippen molar-refractivity contribution in [3.05, 3.63) is 218 Å². The van der Waals surface area contributed by atoms with Gasteiger partial charge in [-0.25, -0.2) is 0 Å². The number of benzene rings is 9. The Morgan fingerprint density at radius 1 is 0.322 bits per heavy atom. The number of para-hydroxylation sites is 3. The lowest BCUT2D eigenvalue weighted by Gasteiger charge is -2.15. The van der Waals surface area contributed by atoms with Crippen LogP contribution >= 0.6 is 0 Å². The maximum absolute atomic E-state index is 2.46. The molecule has 0 radical (unpaired) electrons. The van der Waals surface area contributed by atoms with Crippen LogP contribution in [0.2, 0.25) is 0 Å². The lowest BCUT2D eigenvalue weighted by Crippen LogP contribution is -1.97. The molecule has 0 saturated heterocycles. The summed E-state index contributed by atoms with van der Waals surface area (Å²) in [7, 11) is 0. The molecule has 9 aromatic carbocycles. The summed E-state index contributed by atoms with van der Waals surface area (Å²) >= 11 is 0. The van der Waals surface area contributed by atoms with E-state index in [1.807, 2.05) is 0 Å². The van der Waals surface area contributed by atoms with Crippen LogP contribution in [0.4, 0.5) is 0 Å². The smallest absolute Gasteiger partial charge is 0.0541 e. The summed E-state index contributed by atoms with van der Waals surface area (Å²) in [6, 6.07) is 78.0. The second-order valence-electron chi connectivity index (χ2n) is 15.6. The van der Waals surface area contributed by atoms with E-state index in [4.69, 9.17) is 0 Å². The Hall–Kier alpha value is -7.42. The minimum absolute atomic E-state index is 1.08. The zero-order valence-electron chi connectivity index (χ0n) is 33.0. The fourth-order valence-corrected chi connectivity index (χ4v) is 9.25. The van der Waals surface area contributed by atoms with Gasteiger partial charge in [-0.2, -0.15) is 0 Å². The van der Waals surface area contributed by atoms with Crippen molar-refractivity contribution in [1.29, 1.82) is 0 Å². The van der Waals surface area contributed by atoms with E-state index in [0.29, 0.717) is 0 Å². The van der Waals surface area contributed by atoms with Gasteiger partial charge < -0.3 is 9.13 Å². The quantitative estimate of drug-likeness (QED) is 0.146. The summed E-state index contributed by atoms with van der Waals surface area (Å²) in [4.78, 5) is 0. The molecule has 0 aliphatic rings. The van der Waals surface area contributed by atoms with Crippen molar-refractivity contribution in [2.75, 3.05) is 0 Å². The molecule has 2 heteroatoms. The van der Waals surface area contributed by atoms with Crippen LogP contribution < -0.4 is 0 Å². The molecule has 0 N–H and O–H groups in total. The number of rotatable bonds is 8. The first-order chi connectivity index (χ1) is 29.2. The molecular weight excluding hydrogens is 713 g/mol. The van der Waals surface area contributed by atoms with Crippen molar-refractivity contribution < 1.29 is 0 Å². The predicted octanol–water partition coefficient (Wildman–Crippen LogP) is 15.5. The minimum atomic E-state index is 1.08. The van der Waals surface area contributed by atoms with Gasteiger partial charge in [-0.05, 0) is 112 Å². The van der Waals surface area contributed by atoms with E-state index >= 15 is 0 Å². The second kappa shape index (κ2) is 14.5. The first kappa shape index (κ1) is 34.8. The molecule has 0 saturated carbocycles. The largest absolute Gasteiger partial charge is 0.309 e. The van der Waals surface area contributed by atoms with E-state index in [-0.39, 0.29) is 0 Å². The van der Waals surface area contributed by atoms with E-state index in [2.05, 4.69) is 228 Å². The van der Waals surface area contributed by atoms with Crippen LogP contribution in [0.5, 0.6) is 0 Å². The Kier molecular flexibility index (Phi) is 8.56. The molecular formula is C57H42N2. The summed E-state index contributed by atoms with van der Waals surface area (Å²) < 4.78 is 4.86. The average Bonchev–Trinajstić information content (AvgIpc) is 3.82. The van der Waals surface area contributed by atoms with Crippen molar-refractivity contribution in [3.8, 4) is 55.9 Å². The molecule has 0 atom stereocenters. The van der Waals surface area contributed by atoms with Crippen molar-refractivity contribution in [3.63, 3.8) is 0 Å². The summed E-state index contributed by atoms with van der Waals surface area (Å²) in [5, 5.41) is 5.01. The molecule has 2 aromatic heterocycles. The molecule has 0 spiro atoms. The zero-order chi connectivity index (χ0) is 39.3. The van der Waals surface area contributed by atoms with Gasteiger partial charge in [0.1, 0.15) is 0 Å². The molecule has 11 rings (SSSR count). The van der Waals surface area contributed by atoms with E-state index in [1.54, 1.807) is 0 Å². The SMILES string of the molecule is CCCc1cccc(-c2ccccc2-n2c3ccccc3c3cc(-c4ccc5c(c4)c4ccccc4n5-c4ccc(-c5cccc(-c6ccccc6)c5)cc4)ccc32)c1. The maximum atomic E-state index is 2.46. The zero-order valence-corrected chi connectivity index (χ0v) is 33.0. The molecule has 280 valence electrons. The minimum Gasteiger partial charge on any atom is -0.309 e. The lowest BCUT2D eigenvalue weighted by molar-refractivity contribution is 0.922. The highest BCUT2D eigenvalue weighted by Crippen LogP contribution is 2.40. The fraction of sp³-hybridized carbons (Fsp3) is 0.0526. The lowest BCUT2D eigenvalue weighted by atomic mass is 9.99. The molecule has 0 fully saturated rings. The molecule has 59 heavy (non-hydrogen) atoms. The van der Waals surface area contributed by atoms with E-state index in [1.165, 1.54) is 99.4 Å². The van der Waals surface area contributed by atoms with Crippen LogP contribution in [0.3, 0.4) is 0 Å². The topological polar surface area (TPSA) is 9.86 Å². The fourth-order valence-electron chi connectivity index (χ4n) is 9.25. The highest BCUT2D eigenvalue weighted by molar-refractivity contribution is 6.13. The van der Waals surface area contributed by atoms with Gasteiger partial charge in [-0.3, -0.25) is 0 Å². The summed E-state index contributed by atoms with van der Waals surface area (Å²) in [6.07, 6.45) is 2.22. The number of nitrogens with zero attached hydrogens (tertiary/aromatic N) is 2. The first-order valence-corrected chi connectivity index (χ1v) is 20.7. The van der Waals surface area contributed by atoms with Gasteiger partial charge >= 0.3 is 0 Å². The van der Waals surface area contributed by atoms with Crippen LogP contribution in [0.15, 0.2) is 212 Å². The number of aromatic nitrogens is 2. The number of hydrogen-bond acceptors (Lipinski definition) is 0. The van der Waals surface area contributed by atoms with Crippen LogP contribution in [0, 0.1) is 0 Å². The van der Waals surface area contributed by atoms with Crippen LogP contribution in [0.25, 0.3) is 99.5 Å². The monoisotopic (exact) mass is 754 g/mol. The number of aryl methyl sites for hydroxylation is 1. The van der Waals surface area contributed by atoms with Gasteiger partial charge in [-0.15, -0.1) is 0 Å². The van der Waals surface area contributed by atoms with Crippen molar-refractivity contribution in [1.82, 2.24) is 9.13 Å². The highest BCUT2D eigenvalue weighted by atomic mass is 15.0. The van der Waals surface area contributed by atoms with Gasteiger partial charge in [0.25, 0.3) is 0 Å². The molecule has 0 aliphatic heterocycles. The third kappa shape index (κ3) is 6.04. The number of fused-ring (bicyclic) bond motifs is 6. The van der Waals surface area contributed by atoms with E-state index < -0.39 is 0 Å². The Morgan fingerprint density at radius 2 is 0.814 bits per heavy atom. The number of hydrogen-bond donors (Lipinski definition) is 0. The van der Waals surface area contributed by atoms with Crippen molar-refractivity contribution in [2.45, 2.75) is 19.8 Å². The maximum Gasteiger partial charge on any atom is 0.0541 e. The molecule has 0 amide bonds. The molecule has 2 nitrogen and oxygen atoms in total. The third-order valence-electron chi connectivity index (χ3n) is 12.0. The first-order valence-electron chi connectivity index (χ1n) is 20.7. The van der Waals surface area contributed by atoms with Crippen LogP contribution in [-0.2, 0) is 6.42 Å². The summed E-state index contributed by atoms with van der Waals surface area (Å²) in [5.41, 5.74) is 18.3. The van der Waals surface area contributed by atoms with Crippen LogP contribution in [-0.4, -0.2) is 9.13 Å². The summed E-state index contributed by atoms with van der Waals surface area (Å²) in [5.74, 6) is 0. The van der Waals surface area contributed by atoms with E-state index in [0.717, 1.165) is 18.5 Å². The third-order valence-corrected chi connectivity index (χ3v) is 12.0. The standard InChI is InChI=1S/C57H42N2/c1-2-14-39-15-12-20-46(35-39)48-21-6-9-24-53(48)59-55-26-11-8-23-50(55)52-38-45(30-34-57(52)59)44-29-33-56-51(37-44)49-22-7-10-25-54(49)58(56)47-31-27-41(28-32-47)43-19-13-18-42(36-43)40-16-4-3-5-17-40/h3-13,15-38H,2,14H2,1H3. The highest BCUT2D eigenvalue weighted by Gasteiger charge is 2.18. The van der Waals surface area contributed by atoms with Crippen LogP contribution in [0.1, 0.15) is 18.9 Å². The predicted molar refractivity (Wildman–Crippen MR) is 251 cm³/mol. The molecule has 0 aliphatic carbocycles. The Morgan fingerprint density at radius 3 is 1.51 bits per heavy atom. The van der Waals surface area contributed by atoms with Crippen molar-refractivity contribution >= 4 is 43.6 Å². The van der Waals surface area contributed by atoms with Gasteiger partial charge in [0, 0.05) is 32.8 Å². The summed E-state index contributed by atoms with van der Waals surface area (Å²) in [6.45, 7) is 2.25. The molecule has 11 aromatic rings. The van der Waals surface area contributed by atoms with Gasteiger partial charge in [0.15, 0.2) is 0 Å². The van der Waals surface area contributed by atoms with Crippen molar-refractivity contribution in [2.24, 2.45) is 0 Å². The average molecular weight is 755 g/mol. The second-order valence-corrected chi connectivity index (χ2v) is 15.6. The Balaban J connectivity index is 0.997. The molecule has 0 unspecified atom stereocenters. The Bertz CT molecular complexity index is 3330. The Labute approximate surface area is 344 Å².